The van der Waals surface area contributed by atoms with Gasteiger partial charge in [0.15, 0.2) is 11.6 Å². The van der Waals surface area contributed by atoms with Crippen LogP contribution in [0.25, 0.3) is 5.76 Å². The standard InChI is InChI=1S/C12H11NO5/c1-7(14)11(8(2)15)12(16)9-4-3-5-10(6-9)13(17)18/h3-6,16H,1-2H3. The minimum Gasteiger partial charge on any atom is -0.506 e. The van der Waals surface area contributed by atoms with Crippen LogP contribution in [0.1, 0.15) is 19.4 Å². The molecule has 18 heavy (non-hydrogen) atoms. The fraction of sp³-hybridized carbons (Fsp3) is 0.167. The average molecular weight is 249 g/mol. The SMILES string of the molecule is CC(=O)C(C(C)=O)=C(O)c1cccc([N+](=O)[O-])c1. The lowest BCUT2D eigenvalue weighted by Gasteiger charge is -2.05. The molecule has 0 saturated heterocycles. The van der Waals surface area contributed by atoms with Crippen LogP contribution in [0.15, 0.2) is 29.8 Å². The van der Waals surface area contributed by atoms with Crippen molar-refractivity contribution in [1.82, 2.24) is 0 Å². The van der Waals surface area contributed by atoms with Gasteiger partial charge in [0, 0.05) is 17.7 Å². The van der Waals surface area contributed by atoms with Crippen LogP contribution >= 0.6 is 0 Å². The van der Waals surface area contributed by atoms with Gasteiger partial charge >= 0.3 is 0 Å². The molecule has 0 aliphatic rings. The molecule has 1 rings (SSSR count). The van der Waals surface area contributed by atoms with Crippen molar-refractivity contribution in [2.45, 2.75) is 13.8 Å². The number of carbonyl (C=O) groups excluding carboxylic acids is 2. The molecular weight excluding hydrogens is 238 g/mol. The van der Waals surface area contributed by atoms with E-state index in [0.717, 1.165) is 19.9 Å². The van der Waals surface area contributed by atoms with Crippen molar-refractivity contribution in [3.8, 4) is 0 Å². The topological polar surface area (TPSA) is 97.5 Å². The van der Waals surface area contributed by atoms with Gasteiger partial charge in [0.1, 0.15) is 11.3 Å². The highest BCUT2D eigenvalue weighted by molar-refractivity contribution is 6.22. The van der Waals surface area contributed by atoms with Gasteiger partial charge in [-0.05, 0) is 13.8 Å². The van der Waals surface area contributed by atoms with Crippen LogP contribution in [0, 0.1) is 10.1 Å². The van der Waals surface area contributed by atoms with Gasteiger partial charge in [-0.3, -0.25) is 19.7 Å². The summed E-state index contributed by atoms with van der Waals surface area (Å²) in [5.74, 6) is -1.73. The Hall–Kier alpha value is -2.50. The molecule has 0 radical (unpaired) electrons. The molecule has 0 unspecified atom stereocenters. The summed E-state index contributed by atoms with van der Waals surface area (Å²) < 4.78 is 0. The second-order valence-electron chi connectivity index (χ2n) is 3.64. The summed E-state index contributed by atoms with van der Waals surface area (Å²) in [5.41, 5.74) is -0.536. The largest absolute Gasteiger partial charge is 0.506 e. The number of hydrogen-bond donors (Lipinski definition) is 1. The number of allylic oxidation sites excluding steroid dienone is 1. The van der Waals surface area contributed by atoms with E-state index in [0.29, 0.717) is 0 Å². The minimum absolute atomic E-state index is 0.0598. The molecule has 0 saturated carbocycles. The molecule has 0 heterocycles. The first-order valence-corrected chi connectivity index (χ1v) is 5.04. The molecule has 6 heteroatoms. The molecule has 0 bridgehead atoms. The molecule has 1 aromatic rings. The van der Waals surface area contributed by atoms with Gasteiger partial charge in [-0.25, -0.2) is 0 Å². The number of rotatable bonds is 4. The second-order valence-corrected chi connectivity index (χ2v) is 3.64. The molecule has 0 spiro atoms. The van der Waals surface area contributed by atoms with Crippen LogP contribution in [0.3, 0.4) is 0 Å². The number of nitro groups is 1. The summed E-state index contributed by atoms with van der Waals surface area (Å²) in [6.07, 6.45) is 0. The zero-order chi connectivity index (χ0) is 13.9. The Morgan fingerprint density at radius 3 is 2.22 bits per heavy atom. The maximum Gasteiger partial charge on any atom is 0.270 e. The number of Topliss-reactive ketones (excluding diaryl/α,β-unsaturated/α-hetero) is 2. The van der Waals surface area contributed by atoms with Crippen LogP contribution in [-0.4, -0.2) is 21.6 Å². The number of non-ortho nitro benzene ring substituents is 1. The zero-order valence-corrected chi connectivity index (χ0v) is 9.84. The maximum absolute atomic E-state index is 11.2. The summed E-state index contributed by atoms with van der Waals surface area (Å²) in [5, 5.41) is 20.4. The third-order valence-electron chi connectivity index (χ3n) is 2.27. The Kier molecular flexibility index (Phi) is 3.93. The molecule has 0 aliphatic heterocycles. The molecule has 0 atom stereocenters. The number of nitro benzene ring substituents is 1. The van der Waals surface area contributed by atoms with Crippen molar-refractivity contribution >= 4 is 23.0 Å². The number of aliphatic hydroxyl groups excluding tert-OH is 1. The highest BCUT2D eigenvalue weighted by Crippen LogP contribution is 2.21. The van der Waals surface area contributed by atoms with E-state index in [4.69, 9.17) is 0 Å². The van der Waals surface area contributed by atoms with Crippen molar-refractivity contribution in [2.75, 3.05) is 0 Å². The fourth-order valence-corrected chi connectivity index (χ4v) is 1.49. The van der Waals surface area contributed by atoms with Crippen LogP contribution in [0.4, 0.5) is 5.69 Å². The molecular formula is C12H11NO5. The molecule has 94 valence electrons. The fourth-order valence-electron chi connectivity index (χ4n) is 1.49. The predicted molar refractivity (Wildman–Crippen MR) is 64.0 cm³/mol. The van der Waals surface area contributed by atoms with Crippen LogP contribution in [0.5, 0.6) is 0 Å². The quantitative estimate of drug-likeness (QED) is 0.220. The average Bonchev–Trinajstić information content (AvgIpc) is 2.28. The maximum atomic E-state index is 11.2. The van der Waals surface area contributed by atoms with E-state index in [2.05, 4.69) is 0 Å². The summed E-state index contributed by atoms with van der Waals surface area (Å²) >= 11 is 0. The monoisotopic (exact) mass is 249 g/mol. The zero-order valence-electron chi connectivity index (χ0n) is 9.84. The van der Waals surface area contributed by atoms with Gasteiger partial charge < -0.3 is 5.11 Å². The number of aliphatic hydroxyl groups is 1. The van der Waals surface area contributed by atoms with Crippen molar-refractivity contribution in [3.63, 3.8) is 0 Å². The molecule has 0 fully saturated rings. The predicted octanol–water partition coefficient (Wildman–Crippen LogP) is 2.04. The smallest absolute Gasteiger partial charge is 0.270 e. The van der Waals surface area contributed by atoms with Crippen LogP contribution in [-0.2, 0) is 9.59 Å². The van der Waals surface area contributed by atoms with Crippen molar-refractivity contribution in [3.05, 3.63) is 45.5 Å². The highest BCUT2D eigenvalue weighted by atomic mass is 16.6. The van der Waals surface area contributed by atoms with E-state index in [1.54, 1.807) is 0 Å². The minimum atomic E-state index is -0.627. The van der Waals surface area contributed by atoms with E-state index in [-0.39, 0.29) is 16.8 Å². The molecule has 0 aromatic heterocycles. The number of benzene rings is 1. The van der Waals surface area contributed by atoms with Gasteiger partial charge in [0.2, 0.25) is 0 Å². The third-order valence-corrected chi connectivity index (χ3v) is 2.27. The van der Waals surface area contributed by atoms with Gasteiger partial charge in [0.05, 0.1) is 4.92 Å². The lowest BCUT2D eigenvalue weighted by atomic mass is 10.0. The highest BCUT2D eigenvalue weighted by Gasteiger charge is 2.18. The van der Waals surface area contributed by atoms with Crippen molar-refractivity contribution < 1.29 is 19.6 Å². The van der Waals surface area contributed by atoms with E-state index in [1.807, 2.05) is 0 Å². The van der Waals surface area contributed by atoms with E-state index in [9.17, 15) is 24.8 Å². The summed E-state index contributed by atoms with van der Waals surface area (Å²) in [6.45, 7) is 2.29. The van der Waals surface area contributed by atoms with Gasteiger partial charge in [0.25, 0.3) is 5.69 Å². The molecule has 1 N–H and O–H groups in total. The van der Waals surface area contributed by atoms with Gasteiger partial charge in [-0.1, -0.05) is 12.1 Å². The Morgan fingerprint density at radius 1 is 1.22 bits per heavy atom. The van der Waals surface area contributed by atoms with Crippen LogP contribution < -0.4 is 0 Å². The summed E-state index contributed by atoms with van der Waals surface area (Å²) in [4.78, 5) is 32.5. The van der Waals surface area contributed by atoms with E-state index < -0.39 is 22.2 Å². The Labute approximate surface area is 103 Å². The first-order valence-electron chi connectivity index (χ1n) is 5.04. The molecule has 1 aromatic carbocycles. The number of ketones is 2. The van der Waals surface area contributed by atoms with Gasteiger partial charge in [-0.15, -0.1) is 0 Å². The number of carbonyl (C=O) groups is 2. The molecule has 0 amide bonds. The van der Waals surface area contributed by atoms with E-state index >= 15 is 0 Å². The number of hydrogen-bond acceptors (Lipinski definition) is 5. The van der Waals surface area contributed by atoms with Gasteiger partial charge in [-0.2, -0.15) is 0 Å². The Balaban J connectivity index is 3.40. The number of nitrogens with zero attached hydrogens (tertiary/aromatic N) is 1. The summed E-state index contributed by atoms with van der Waals surface area (Å²) in [7, 11) is 0. The van der Waals surface area contributed by atoms with Crippen molar-refractivity contribution in [2.24, 2.45) is 0 Å². The Bertz CT molecular complexity index is 543. The first kappa shape index (κ1) is 13.6. The third kappa shape index (κ3) is 2.79. The summed E-state index contributed by atoms with van der Waals surface area (Å²) in [6, 6.07) is 5.09. The normalized spacial score (nSPS) is 9.67. The second kappa shape index (κ2) is 5.22. The van der Waals surface area contributed by atoms with Crippen molar-refractivity contribution in [1.29, 1.82) is 0 Å². The first-order chi connectivity index (χ1) is 8.34. The van der Waals surface area contributed by atoms with Crippen LogP contribution in [0.2, 0.25) is 0 Å². The lowest BCUT2D eigenvalue weighted by molar-refractivity contribution is -0.384. The lowest BCUT2D eigenvalue weighted by Crippen LogP contribution is -2.09. The van der Waals surface area contributed by atoms with E-state index in [1.165, 1.54) is 18.2 Å². The molecule has 0 aliphatic carbocycles. The Morgan fingerprint density at radius 2 is 1.78 bits per heavy atom. The molecule has 6 nitrogen and oxygen atoms in total.